The van der Waals surface area contributed by atoms with E-state index in [2.05, 4.69) is 31.9 Å². The average Bonchev–Trinajstić information content (AvgIpc) is 3.86. The van der Waals surface area contributed by atoms with Crippen molar-refractivity contribution in [1.29, 1.82) is 0 Å². The van der Waals surface area contributed by atoms with Gasteiger partial charge in [-0.2, -0.15) is 0 Å². The Balaban J connectivity index is 2.27. The van der Waals surface area contributed by atoms with Crippen LogP contribution in [-0.4, -0.2) is 174 Å². The first kappa shape index (κ1) is 64.1. The maximum atomic E-state index is 14.7. The zero-order valence-electron chi connectivity index (χ0n) is 45.6. The van der Waals surface area contributed by atoms with Gasteiger partial charge in [0.05, 0.1) is 36.6 Å². The van der Waals surface area contributed by atoms with Gasteiger partial charge in [0.15, 0.2) is 6.17 Å². The van der Waals surface area contributed by atoms with E-state index in [0.29, 0.717) is 25.8 Å². The van der Waals surface area contributed by atoms with Crippen LogP contribution in [0.15, 0.2) is 30.3 Å². The third kappa shape index (κ3) is 18.1. The molecule has 1 aromatic carbocycles. The second-order valence-corrected chi connectivity index (χ2v) is 19.7. The van der Waals surface area contributed by atoms with Gasteiger partial charge in [-0.1, -0.05) is 85.2 Å². The molecule has 75 heavy (non-hydrogen) atoms. The van der Waals surface area contributed by atoms with Gasteiger partial charge in [0.25, 0.3) is 17.7 Å². The molecular formula is C53H79N9O13. The van der Waals surface area contributed by atoms with Crippen LogP contribution in [0.4, 0.5) is 0 Å². The summed E-state index contributed by atoms with van der Waals surface area (Å²) in [6.45, 7) is 15.4. The number of aliphatic carboxylic acids is 1. The molecule has 0 saturated carbocycles. The van der Waals surface area contributed by atoms with Crippen LogP contribution in [0, 0.1) is 48.4 Å². The molecule has 0 aliphatic carbocycles. The highest BCUT2D eigenvalue weighted by Gasteiger charge is 2.44. The Morgan fingerprint density at radius 3 is 1.79 bits per heavy atom. The number of methoxy groups -OCH3 is 2. The fourth-order valence-corrected chi connectivity index (χ4v) is 9.27. The number of ether oxygens (including phenoxy) is 2. The summed E-state index contributed by atoms with van der Waals surface area (Å²) < 4.78 is 11.9. The van der Waals surface area contributed by atoms with Gasteiger partial charge in [0.2, 0.25) is 35.4 Å². The summed E-state index contributed by atoms with van der Waals surface area (Å²) in [6.07, 6.45) is 8.43. The lowest BCUT2D eigenvalue weighted by molar-refractivity contribution is -0.149. The minimum absolute atomic E-state index is 0.0743. The van der Waals surface area contributed by atoms with Crippen LogP contribution in [-0.2, 0) is 63.8 Å². The van der Waals surface area contributed by atoms with Crippen LogP contribution in [0.5, 0.6) is 0 Å². The lowest BCUT2D eigenvalue weighted by Gasteiger charge is -2.41. The van der Waals surface area contributed by atoms with E-state index in [0.717, 1.165) is 10.5 Å². The molecule has 0 bridgehead atoms. The van der Waals surface area contributed by atoms with Crippen molar-refractivity contribution in [3.8, 4) is 24.7 Å². The predicted molar refractivity (Wildman–Crippen MR) is 277 cm³/mol. The Labute approximate surface area is 441 Å². The minimum Gasteiger partial charge on any atom is -0.480 e. The number of hydrogen-bond acceptors (Lipinski definition) is 12. The maximum absolute atomic E-state index is 14.7. The minimum atomic E-state index is -1.73. The lowest BCUT2D eigenvalue weighted by Crippen LogP contribution is -2.62. The molecule has 0 aromatic heterocycles. The molecule has 1 aliphatic rings. The number of rotatable bonds is 28. The van der Waals surface area contributed by atoms with Crippen LogP contribution in [0.3, 0.4) is 0 Å². The molecule has 7 N–H and O–H groups in total. The van der Waals surface area contributed by atoms with Gasteiger partial charge in [0.1, 0.15) is 30.2 Å². The predicted octanol–water partition coefficient (Wildman–Crippen LogP) is 0.177. The number of likely N-dealkylation sites (tertiary alicyclic amines) is 1. The Kier molecular flexibility index (Phi) is 25.9. The molecule has 22 nitrogen and oxygen atoms in total. The molecule has 1 aromatic rings. The van der Waals surface area contributed by atoms with Gasteiger partial charge in [-0.25, -0.2) is 4.79 Å². The number of carboxylic acid groups (broad SMARTS) is 1. The fraction of sp³-hybridized carbons (Fsp3) is 0.623. The monoisotopic (exact) mass is 1050 g/mol. The van der Waals surface area contributed by atoms with Crippen molar-refractivity contribution in [2.24, 2.45) is 23.7 Å². The van der Waals surface area contributed by atoms with E-state index in [9.17, 15) is 53.1 Å². The second-order valence-electron chi connectivity index (χ2n) is 19.7. The summed E-state index contributed by atoms with van der Waals surface area (Å²) in [4.78, 5) is 137. The van der Waals surface area contributed by atoms with Crippen LogP contribution < -0.4 is 31.9 Å². The zero-order chi connectivity index (χ0) is 57.0. The van der Waals surface area contributed by atoms with Crippen LogP contribution in [0.25, 0.3) is 0 Å². The number of carbonyl (C=O) groups is 10. The molecule has 0 radical (unpaired) electrons. The fourth-order valence-electron chi connectivity index (χ4n) is 9.27. The highest BCUT2D eigenvalue weighted by Crippen LogP contribution is 2.30. The molecular weight excluding hydrogens is 971 g/mol. The van der Waals surface area contributed by atoms with Gasteiger partial charge in [0, 0.05) is 41.3 Å². The quantitative estimate of drug-likeness (QED) is 0.0436. The third-order valence-electron chi connectivity index (χ3n) is 13.6. The molecule has 1 unspecified atom stereocenters. The first-order valence-electron chi connectivity index (χ1n) is 25.1. The molecule has 1 aliphatic heterocycles. The van der Waals surface area contributed by atoms with E-state index >= 15 is 0 Å². The van der Waals surface area contributed by atoms with Crippen LogP contribution >= 0.6 is 0 Å². The largest absolute Gasteiger partial charge is 0.480 e. The van der Waals surface area contributed by atoms with Crippen LogP contribution in [0.2, 0.25) is 0 Å². The standard InChI is InChI=1S/C53H79N9O13/c1-16-31(8)44(38(74-14)28-41(65)62-26-22-25-37(62)45(75-15)32(9)47(66)56-36(53(72)73)27-35-23-20-19-21-24-35)61(13)52(71)42(29(4)5)59-49(68)43(30(6)7)60(12)51(70)34(11)55-48(67)33(10)54-50(69)46(57-39(63)17-2)58-40(64)18-3/h2-3,19-21,23-24,29-34,36-38,42-46H,16,22,25-28H2,1,4-15H3,(H,54,69)(H,55,67)(H,56,66)(H,57,63)(H,58,64)(H,59,68)(H,72,73)/t31-,32+,33-,34-,36?,37-,38+,42-,43-,44-,45+/m0/s1. The summed E-state index contributed by atoms with van der Waals surface area (Å²) in [6, 6.07) is 1.73. The van der Waals surface area contributed by atoms with E-state index in [1.165, 1.54) is 40.0 Å². The second kappa shape index (κ2) is 30.4. The van der Waals surface area contributed by atoms with E-state index in [-0.39, 0.29) is 24.7 Å². The Morgan fingerprint density at radius 2 is 1.29 bits per heavy atom. The van der Waals surface area contributed by atoms with E-state index in [1.807, 2.05) is 19.9 Å². The van der Waals surface area contributed by atoms with E-state index in [1.54, 1.807) is 82.7 Å². The number of carbonyl (C=O) groups excluding carboxylic acids is 9. The van der Waals surface area contributed by atoms with E-state index < -0.39 is 132 Å². The number of nitrogens with zero attached hydrogens (tertiary/aromatic N) is 3. The maximum Gasteiger partial charge on any atom is 0.326 e. The molecule has 22 heteroatoms. The van der Waals surface area contributed by atoms with E-state index in [4.69, 9.17) is 22.3 Å². The average molecular weight is 1050 g/mol. The SMILES string of the molecule is C#CC(=O)NC(NC(=O)C#C)C(=O)N[C@@H](C)C(=O)N[C@@H](C)C(=O)N(C)[C@H](C(=O)N[C@H](C(=O)N(C)[C@@H]([C@@H](C)CC)[C@@H](CC(=O)N1CCC[C@H]1[C@H](OC)[C@@H](C)C(=O)NC(Cc1ccccc1)C(=O)O)OC)C(C)C)C(C)C. The van der Waals surface area contributed by atoms with Crippen molar-refractivity contribution in [3.05, 3.63) is 35.9 Å². The molecule has 1 fully saturated rings. The van der Waals surface area contributed by atoms with Gasteiger partial charge >= 0.3 is 5.97 Å². The summed E-state index contributed by atoms with van der Waals surface area (Å²) in [5.74, 6) is -6.39. The first-order chi connectivity index (χ1) is 35.2. The van der Waals surface area contributed by atoms with Crippen molar-refractivity contribution in [2.45, 2.75) is 155 Å². The van der Waals surface area contributed by atoms with Crippen LogP contribution in [0.1, 0.15) is 93.6 Å². The summed E-state index contributed by atoms with van der Waals surface area (Å²) >= 11 is 0. The number of likely N-dealkylation sites (N-methyl/N-ethyl adjacent to an activating group) is 2. The molecule has 11 atom stereocenters. The van der Waals surface area contributed by atoms with Crippen molar-refractivity contribution in [3.63, 3.8) is 0 Å². The number of hydrogen-bond donors (Lipinski definition) is 7. The molecule has 0 spiro atoms. The smallest absolute Gasteiger partial charge is 0.326 e. The molecule has 1 saturated heterocycles. The number of amides is 9. The lowest BCUT2D eigenvalue weighted by atomic mass is 9.89. The number of carboxylic acids is 1. The Morgan fingerprint density at radius 1 is 0.720 bits per heavy atom. The third-order valence-corrected chi connectivity index (χ3v) is 13.6. The van der Waals surface area contributed by atoms with Crippen molar-refractivity contribution >= 4 is 59.1 Å². The van der Waals surface area contributed by atoms with Crippen molar-refractivity contribution < 1.29 is 62.5 Å². The molecule has 9 amide bonds. The van der Waals surface area contributed by atoms with Crippen molar-refractivity contribution in [1.82, 2.24) is 46.6 Å². The van der Waals surface area contributed by atoms with Gasteiger partial charge in [-0.05, 0) is 61.8 Å². The van der Waals surface area contributed by atoms with Gasteiger partial charge in [-0.15, -0.1) is 12.8 Å². The molecule has 414 valence electrons. The topological polar surface area (TPSA) is 291 Å². The highest BCUT2D eigenvalue weighted by molar-refractivity contribution is 6.01. The molecule has 2 rings (SSSR count). The highest BCUT2D eigenvalue weighted by atomic mass is 16.5. The van der Waals surface area contributed by atoms with Gasteiger partial charge < -0.3 is 61.2 Å². The Hall–Kier alpha value is -7.04. The first-order valence-corrected chi connectivity index (χ1v) is 25.1. The Bertz CT molecular complexity index is 2240. The normalized spacial score (nSPS) is 17.2. The molecule has 1 heterocycles. The van der Waals surface area contributed by atoms with Gasteiger partial charge in [-0.3, -0.25) is 43.2 Å². The number of nitrogens with one attached hydrogen (secondary N) is 6. The summed E-state index contributed by atoms with van der Waals surface area (Å²) in [7, 11) is 5.86. The van der Waals surface area contributed by atoms with Crippen molar-refractivity contribution in [2.75, 3.05) is 34.9 Å². The number of benzene rings is 1. The zero-order valence-corrected chi connectivity index (χ0v) is 45.6. The summed E-state index contributed by atoms with van der Waals surface area (Å²) in [5, 5.41) is 24.4. The number of terminal acetylenes is 2. The summed E-state index contributed by atoms with van der Waals surface area (Å²) in [5.41, 5.74) is 0.738.